The van der Waals surface area contributed by atoms with Crippen LogP contribution in [0.15, 0.2) is 23.2 Å². The molecule has 0 heterocycles. The average Bonchev–Trinajstić information content (AvgIpc) is 2.50. The van der Waals surface area contributed by atoms with E-state index in [-0.39, 0.29) is 25.4 Å². The first-order valence-corrected chi connectivity index (χ1v) is 7.85. The molecule has 5 nitrogen and oxygen atoms in total. The van der Waals surface area contributed by atoms with Gasteiger partial charge in [0.15, 0.2) is 5.96 Å². The maximum Gasteiger partial charge on any atom is 0.401 e. The molecule has 0 aliphatic heterocycles. The fraction of sp³-hybridized carbons (Fsp3) is 0.562. The molecule has 1 aromatic carbocycles. The Balaban J connectivity index is 2.53. The van der Waals surface area contributed by atoms with Gasteiger partial charge in [0, 0.05) is 32.2 Å². The van der Waals surface area contributed by atoms with Gasteiger partial charge in [0.05, 0.1) is 6.54 Å². The summed E-state index contributed by atoms with van der Waals surface area (Å²) in [4.78, 5) is 5.09. The summed E-state index contributed by atoms with van der Waals surface area (Å²) < 4.78 is 66.2. The number of aryl methyl sites for hydroxylation is 1. The van der Waals surface area contributed by atoms with Crippen molar-refractivity contribution in [1.29, 1.82) is 0 Å². The van der Waals surface area contributed by atoms with E-state index in [9.17, 15) is 22.0 Å². The molecule has 0 bridgehead atoms. The highest BCUT2D eigenvalue weighted by atomic mass is 19.4. The fourth-order valence-electron chi connectivity index (χ4n) is 2.21. The molecule has 0 saturated heterocycles. The van der Waals surface area contributed by atoms with Crippen molar-refractivity contribution in [3.8, 4) is 5.75 Å². The van der Waals surface area contributed by atoms with Gasteiger partial charge in [-0.25, -0.2) is 0 Å². The van der Waals surface area contributed by atoms with E-state index in [0.29, 0.717) is 11.5 Å². The van der Waals surface area contributed by atoms with Crippen LogP contribution in [-0.2, 0) is 6.54 Å². The van der Waals surface area contributed by atoms with Crippen molar-refractivity contribution in [2.24, 2.45) is 4.99 Å². The molecule has 0 atom stereocenters. The van der Waals surface area contributed by atoms with Crippen LogP contribution in [0.1, 0.15) is 11.1 Å². The van der Waals surface area contributed by atoms with E-state index in [1.54, 1.807) is 12.1 Å². The number of hydrogen-bond acceptors (Lipinski definition) is 3. The first-order valence-electron chi connectivity index (χ1n) is 7.85. The number of ether oxygens (including phenoxy) is 1. The number of nitrogens with one attached hydrogen (secondary N) is 2. The normalized spacial score (nSPS) is 12.6. The quantitative estimate of drug-likeness (QED) is 0.412. The second-order valence-electron chi connectivity index (χ2n) is 5.70. The lowest BCUT2D eigenvalue weighted by molar-refractivity contribution is -0.142. The third kappa shape index (κ3) is 8.84. The molecule has 148 valence electrons. The van der Waals surface area contributed by atoms with E-state index in [0.717, 1.165) is 10.5 Å². The van der Waals surface area contributed by atoms with Crippen LogP contribution in [0.4, 0.5) is 22.0 Å². The topological polar surface area (TPSA) is 48.9 Å². The Bertz CT molecular complexity index is 592. The number of rotatable bonds is 8. The van der Waals surface area contributed by atoms with Gasteiger partial charge in [0.25, 0.3) is 0 Å². The van der Waals surface area contributed by atoms with Crippen LogP contribution in [0.5, 0.6) is 5.75 Å². The van der Waals surface area contributed by atoms with Crippen molar-refractivity contribution in [1.82, 2.24) is 15.5 Å². The average molecular weight is 382 g/mol. The van der Waals surface area contributed by atoms with Crippen LogP contribution < -0.4 is 15.4 Å². The van der Waals surface area contributed by atoms with Crippen LogP contribution in [0, 0.1) is 6.92 Å². The molecule has 0 spiro atoms. The minimum absolute atomic E-state index is 0.0541. The Morgan fingerprint density at radius 3 is 2.54 bits per heavy atom. The number of likely N-dealkylation sites (N-methyl/N-ethyl adjacent to an activating group) is 1. The second-order valence-corrected chi connectivity index (χ2v) is 5.70. The molecule has 10 heteroatoms. The van der Waals surface area contributed by atoms with Crippen LogP contribution in [0.2, 0.25) is 0 Å². The summed E-state index contributed by atoms with van der Waals surface area (Å²) in [7, 11) is 2.87. The van der Waals surface area contributed by atoms with Crippen LogP contribution in [-0.4, -0.2) is 57.4 Å². The molecular formula is C16H23F5N4O. The zero-order valence-electron chi connectivity index (χ0n) is 14.8. The highest BCUT2D eigenvalue weighted by molar-refractivity contribution is 5.79. The number of nitrogens with zero attached hydrogens (tertiary/aromatic N) is 2. The molecule has 0 radical (unpaired) electrons. The van der Waals surface area contributed by atoms with E-state index in [1.165, 1.54) is 20.2 Å². The van der Waals surface area contributed by atoms with Gasteiger partial charge in [-0.3, -0.25) is 9.89 Å². The molecule has 0 aliphatic carbocycles. The first-order chi connectivity index (χ1) is 12.1. The van der Waals surface area contributed by atoms with E-state index in [1.807, 2.05) is 6.92 Å². The molecule has 0 amide bonds. The van der Waals surface area contributed by atoms with Gasteiger partial charge in [-0.05, 0) is 20.0 Å². The summed E-state index contributed by atoms with van der Waals surface area (Å²) in [6.45, 7) is -1.55. The molecule has 2 N–H and O–H groups in total. The number of guanidine groups is 1. The first kappa shape index (κ1) is 21.9. The van der Waals surface area contributed by atoms with Gasteiger partial charge >= 0.3 is 12.8 Å². The SMILES string of the molecule is CN=C(NCCN(C)CC(F)(F)F)NCc1cc(C)ccc1OC(F)F. The lowest BCUT2D eigenvalue weighted by Gasteiger charge is -2.20. The van der Waals surface area contributed by atoms with Crippen LogP contribution in [0.3, 0.4) is 0 Å². The lowest BCUT2D eigenvalue weighted by Crippen LogP contribution is -2.42. The van der Waals surface area contributed by atoms with Crippen molar-refractivity contribution in [3.63, 3.8) is 0 Å². The number of hydrogen-bond donors (Lipinski definition) is 2. The molecule has 1 aromatic rings. The molecule has 26 heavy (non-hydrogen) atoms. The van der Waals surface area contributed by atoms with Crippen LogP contribution >= 0.6 is 0 Å². The molecule has 0 saturated carbocycles. The molecule has 0 fully saturated rings. The van der Waals surface area contributed by atoms with Crippen molar-refractivity contribution in [2.45, 2.75) is 26.3 Å². The Morgan fingerprint density at radius 1 is 1.27 bits per heavy atom. The van der Waals surface area contributed by atoms with Gasteiger partial charge in [0.1, 0.15) is 5.75 Å². The standard InChI is InChI=1S/C16H23F5N4O/c1-11-4-5-13(26-14(17)18)12(8-11)9-24-15(22-2)23-6-7-25(3)10-16(19,20)21/h4-5,8,14H,6-7,9-10H2,1-3H3,(H2,22,23,24). The Hall–Kier alpha value is -2.10. The second kappa shape index (κ2) is 10.1. The maximum atomic E-state index is 12.5. The van der Waals surface area contributed by atoms with E-state index >= 15 is 0 Å². The van der Waals surface area contributed by atoms with Crippen molar-refractivity contribution in [3.05, 3.63) is 29.3 Å². The summed E-state index contributed by atoms with van der Waals surface area (Å²) in [5.41, 5.74) is 1.39. The van der Waals surface area contributed by atoms with Crippen molar-refractivity contribution >= 4 is 5.96 Å². The molecule has 0 aromatic heterocycles. The van der Waals surface area contributed by atoms with Gasteiger partial charge in [0.2, 0.25) is 0 Å². The van der Waals surface area contributed by atoms with E-state index in [4.69, 9.17) is 0 Å². The Morgan fingerprint density at radius 2 is 1.96 bits per heavy atom. The summed E-state index contributed by atoms with van der Waals surface area (Å²) in [5.74, 6) is 0.397. The van der Waals surface area contributed by atoms with E-state index in [2.05, 4.69) is 20.4 Å². The molecule has 1 rings (SSSR count). The summed E-state index contributed by atoms with van der Waals surface area (Å²) in [5, 5.41) is 5.79. The molecular weight excluding hydrogens is 359 g/mol. The van der Waals surface area contributed by atoms with Crippen LogP contribution in [0.25, 0.3) is 0 Å². The third-order valence-electron chi connectivity index (χ3n) is 3.34. The number of alkyl halides is 5. The Labute approximate surface area is 149 Å². The summed E-state index contributed by atoms with van der Waals surface area (Å²) in [6, 6.07) is 4.82. The lowest BCUT2D eigenvalue weighted by atomic mass is 10.1. The summed E-state index contributed by atoms with van der Waals surface area (Å²) >= 11 is 0. The maximum absolute atomic E-state index is 12.5. The minimum Gasteiger partial charge on any atom is -0.434 e. The van der Waals surface area contributed by atoms with Crippen molar-refractivity contribution in [2.75, 3.05) is 33.7 Å². The number of aliphatic imine (C=N–C) groups is 1. The monoisotopic (exact) mass is 382 g/mol. The van der Waals surface area contributed by atoms with E-state index < -0.39 is 19.3 Å². The number of halogens is 5. The molecule has 0 aliphatic rings. The fourth-order valence-corrected chi connectivity index (χ4v) is 2.21. The minimum atomic E-state index is -4.25. The predicted molar refractivity (Wildman–Crippen MR) is 89.6 cm³/mol. The van der Waals surface area contributed by atoms with Gasteiger partial charge < -0.3 is 15.4 Å². The zero-order chi connectivity index (χ0) is 19.7. The third-order valence-corrected chi connectivity index (χ3v) is 3.34. The van der Waals surface area contributed by atoms with Gasteiger partial charge in [-0.2, -0.15) is 22.0 Å². The predicted octanol–water partition coefficient (Wildman–Crippen LogP) is 2.76. The Kier molecular flexibility index (Phi) is 8.56. The van der Waals surface area contributed by atoms with Gasteiger partial charge in [-0.1, -0.05) is 17.7 Å². The van der Waals surface area contributed by atoms with Crippen molar-refractivity contribution < 1.29 is 26.7 Å². The highest BCUT2D eigenvalue weighted by Crippen LogP contribution is 2.22. The summed E-state index contributed by atoms with van der Waals surface area (Å²) in [6.07, 6.45) is -4.25. The van der Waals surface area contributed by atoms with Gasteiger partial charge in [-0.15, -0.1) is 0 Å². The smallest absolute Gasteiger partial charge is 0.401 e. The largest absolute Gasteiger partial charge is 0.434 e. The highest BCUT2D eigenvalue weighted by Gasteiger charge is 2.28. The molecule has 0 unspecified atom stereocenters. The number of benzene rings is 1. The zero-order valence-corrected chi connectivity index (χ0v) is 14.8.